The minimum Gasteiger partial charge on any atom is -0.379 e. The summed E-state index contributed by atoms with van der Waals surface area (Å²) >= 11 is 7.61. The van der Waals surface area contributed by atoms with Gasteiger partial charge in [0, 0.05) is 41.0 Å². The summed E-state index contributed by atoms with van der Waals surface area (Å²) in [5.74, 6) is 0.619. The standard InChI is InChI=1S/C24H24ClN5O2S/c1-17-22(16-27-30(17)21-5-2-19(25)3-6-21)24(31)28-20-4-7-23(18(14-20)15-26)33-13-10-29-8-11-32-12-9-29/h2-7,14,16H,8-13H2,1H3,(H,28,31). The number of thioether (sulfide) groups is 1. The first kappa shape index (κ1) is 23.3. The lowest BCUT2D eigenvalue weighted by Crippen LogP contribution is -2.37. The van der Waals surface area contributed by atoms with Gasteiger partial charge in [-0.2, -0.15) is 10.4 Å². The highest BCUT2D eigenvalue weighted by molar-refractivity contribution is 7.99. The van der Waals surface area contributed by atoms with Crippen molar-refractivity contribution in [2.24, 2.45) is 0 Å². The van der Waals surface area contributed by atoms with Crippen molar-refractivity contribution in [3.8, 4) is 11.8 Å². The summed E-state index contributed by atoms with van der Waals surface area (Å²) in [7, 11) is 0. The first-order valence-electron chi connectivity index (χ1n) is 10.6. The largest absolute Gasteiger partial charge is 0.379 e. The van der Waals surface area contributed by atoms with Crippen LogP contribution in [0, 0.1) is 18.3 Å². The number of benzene rings is 2. The second-order valence-corrected chi connectivity index (χ2v) is 9.18. The molecule has 4 rings (SSSR count). The molecular weight excluding hydrogens is 458 g/mol. The Morgan fingerprint density at radius 3 is 2.73 bits per heavy atom. The minimum absolute atomic E-state index is 0.274. The Morgan fingerprint density at radius 2 is 2.00 bits per heavy atom. The van der Waals surface area contributed by atoms with E-state index >= 15 is 0 Å². The second kappa shape index (κ2) is 10.9. The van der Waals surface area contributed by atoms with E-state index in [0.717, 1.165) is 49.2 Å². The van der Waals surface area contributed by atoms with Gasteiger partial charge in [0.1, 0.15) is 6.07 Å². The molecule has 0 spiro atoms. The van der Waals surface area contributed by atoms with Crippen LogP contribution < -0.4 is 5.32 Å². The van der Waals surface area contributed by atoms with Crippen molar-refractivity contribution in [1.29, 1.82) is 5.26 Å². The molecule has 170 valence electrons. The number of morpholine rings is 1. The molecule has 0 bridgehead atoms. The van der Waals surface area contributed by atoms with E-state index < -0.39 is 0 Å². The molecule has 1 saturated heterocycles. The number of hydrogen-bond acceptors (Lipinski definition) is 6. The predicted octanol–water partition coefficient (Wildman–Crippen LogP) is 4.38. The van der Waals surface area contributed by atoms with Gasteiger partial charge in [-0.1, -0.05) is 11.6 Å². The maximum atomic E-state index is 12.9. The Kier molecular flexibility index (Phi) is 7.68. The number of carbonyl (C=O) groups excluding carboxylic acids is 1. The summed E-state index contributed by atoms with van der Waals surface area (Å²) in [6, 6.07) is 14.9. The van der Waals surface area contributed by atoms with Gasteiger partial charge >= 0.3 is 0 Å². The number of nitriles is 1. The number of nitrogens with zero attached hydrogens (tertiary/aromatic N) is 4. The van der Waals surface area contributed by atoms with Crippen LogP contribution in [0.1, 0.15) is 21.6 Å². The summed E-state index contributed by atoms with van der Waals surface area (Å²) in [4.78, 5) is 16.2. The fraction of sp³-hybridized carbons (Fsp3) is 0.292. The summed E-state index contributed by atoms with van der Waals surface area (Å²) in [6.07, 6.45) is 1.54. The van der Waals surface area contributed by atoms with E-state index in [1.54, 1.807) is 40.8 Å². The van der Waals surface area contributed by atoms with Crippen LogP contribution in [0.25, 0.3) is 5.69 Å². The van der Waals surface area contributed by atoms with E-state index in [1.165, 1.54) is 0 Å². The van der Waals surface area contributed by atoms with Gasteiger partial charge in [0.2, 0.25) is 0 Å². The lowest BCUT2D eigenvalue weighted by Gasteiger charge is -2.26. The SMILES string of the molecule is Cc1c(C(=O)Nc2ccc(SCCN3CCOCC3)c(C#N)c2)cnn1-c1ccc(Cl)cc1. The van der Waals surface area contributed by atoms with E-state index in [0.29, 0.717) is 27.5 Å². The van der Waals surface area contributed by atoms with Crippen molar-refractivity contribution in [2.75, 3.05) is 43.9 Å². The molecular formula is C24H24ClN5O2S. The molecule has 1 aromatic heterocycles. The van der Waals surface area contributed by atoms with Crippen LogP contribution in [0.3, 0.4) is 0 Å². The molecule has 1 N–H and O–H groups in total. The van der Waals surface area contributed by atoms with Crippen molar-refractivity contribution < 1.29 is 9.53 Å². The topological polar surface area (TPSA) is 83.2 Å². The molecule has 0 atom stereocenters. The van der Waals surface area contributed by atoms with Gasteiger partial charge in [0.05, 0.1) is 41.9 Å². The first-order valence-corrected chi connectivity index (χ1v) is 12.0. The number of rotatable bonds is 7. The zero-order valence-electron chi connectivity index (χ0n) is 18.3. The molecule has 1 aliphatic heterocycles. The lowest BCUT2D eigenvalue weighted by molar-refractivity contribution is 0.0410. The predicted molar refractivity (Wildman–Crippen MR) is 130 cm³/mol. The van der Waals surface area contributed by atoms with E-state index in [4.69, 9.17) is 16.3 Å². The van der Waals surface area contributed by atoms with Crippen molar-refractivity contribution in [3.05, 3.63) is 70.5 Å². The lowest BCUT2D eigenvalue weighted by atomic mass is 10.2. The molecule has 3 aromatic rings. The van der Waals surface area contributed by atoms with E-state index in [1.807, 2.05) is 31.2 Å². The van der Waals surface area contributed by atoms with Gasteiger partial charge in [-0.3, -0.25) is 9.69 Å². The second-order valence-electron chi connectivity index (χ2n) is 7.61. The molecule has 2 aromatic carbocycles. The fourth-order valence-electron chi connectivity index (χ4n) is 3.60. The Hall–Kier alpha value is -2.83. The quantitative estimate of drug-likeness (QED) is 0.504. The number of halogens is 1. The average Bonchev–Trinajstić information content (AvgIpc) is 3.22. The third-order valence-corrected chi connectivity index (χ3v) is 6.76. The Labute approximate surface area is 202 Å². The normalized spacial score (nSPS) is 14.1. The minimum atomic E-state index is -0.274. The van der Waals surface area contributed by atoms with Crippen molar-refractivity contribution in [2.45, 2.75) is 11.8 Å². The Bertz CT molecular complexity index is 1170. The summed E-state index contributed by atoms with van der Waals surface area (Å²) in [6.45, 7) is 6.25. The van der Waals surface area contributed by atoms with Crippen molar-refractivity contribution in [1.82, 2.24) is 14.7 Å². The smallest absolute Gasteiger partial charge is 0.259 e. The molecule has 1 amide bonds. The summed E-state index contributed by atoms with van der Waals surface area (Å²) < 4.78 is 7.07. The van der Waals surface area contributed by atoms with Gasteiger partial charge in [-0.15, -0.1) is 11.8 Å². The van der Waals surface area contributed by atoms with Gasteiger partial charge in [-0.25, -0.2) is 4.68 Å². The van der Waals surface area contributed by atoms with Gasteiger partial charge < -0.3 is 10.1 Å². The molecule has 1 fully saturated rings. The van der Waals surface area contributed by atoms with Gasteiger partial charge in [-0.05, 0) is 49.4 Å². The van der Waals surface area contributed by atoms with Crippen LogP contribution in [-0.2, 0) is 4.74 Å². The maximum Gasteiger partial charge on any atom is 0.259 e. The van der Waals surface area contributed by atoms with Crippen LogP contribution in [0.15, 0.2) is 53.6 Å². The molecule has 0 aliphatic carbocycles. The number of anilines is 1. The summed E-state index contributed by atoms with van der Waals surface area (Å²) in [5, 5.41) is 17.5. The third-order valence-electron chi connectivity index (χ3n) is 5.45. The summed E-state index contributed by atoms with van der Waals surface area (Å²) in [5.41, 5.74) is 3.13. The Morgan fingerprint density at radius 1 is 1.24 bits per heavy atom. The van der Waals surface area contributed by atoms with Crippen LogP contribution in [0.2, 0.25) is 5.02 Å². The van der Waals surface area contributed by atoms with E-state index in [-0.39, 0.29) is 5.91 Å². The van der Waals surface area contributed by atoms with Gasteiger partial charge in [0.15, 0.2) is 0 Å². The molecule has 0 saturated carbocycles. The highest BCUT2D eigenvalue weighted by Gasteiger charge is 2.16. The van der Waals surface area contributed by atoms with Crippen LogP contribution in [-0.4, -0.2) is 59.2 Å². The zero-order chi connectivity index (χ0) is 23.2. The van der Waals surface area contributed by atoms with Crippen molar-refractivity contribution >= 4 is 35.0 Å². The fourth-order valence-corrected chi connectivity index (χ4v) is 4.72. The molecule has 0 unspecified atom stereocenters. The molecule has 2 heterocycles. The monoisotopic (exact) mass is 481 g/mol. The van der Waals surface area contributed by atoms with Crippen LogP contribution in [0.4, 0.5) is 5.69 Å². The first-order chi connectivity index (χ1) is 16.0. The molecule has 1 aliphatic rings. The highest BCUT2D eigenvalue weighted by Crippen LogP contribution is 2.26. The maximum absolute atomic E-state index is 12.9. The van der Waals surface area contributed by atoms with Crippen LogP contribution in [0.5, 0.6) is 0 Å². The third kappa shape index (κ3) is 5.75. The Balaban J connectivity index is 1.41. The molecule has 0 radical (unpaired) electrons. The number of aromatic nitrogens is 2. The highest BCUT2D eigenvalue weighted by atomic mass is 35.5. The van der Waals surface area contributed by atoms with Crippen LogP contribution >= 0.6 is 23.4 Å². The van der Waals surface area contributed by atoms with Crippen molar-refractivity contribution in [3.63, 3.8) is 0 Å². The molecule has 7 nitrogen and oxygen atoms in total. The van der Waals surface area contributed by atoms with E-state index in [2.05, 4.69) is 21.4 Å². The number of hydrogen-bond donors (Lipinski definition) is 1. The number of ether oxygens (including phenoxy) is 1. The molecule has 33 heavy (non-hydrogen) atoms. The molecule has 9 heteroatoms. The van der Waals surface area contributed by atoms with E-state index in [9.17, 15) is 10.1 Å². The zero-order valence-corrected chi connectivity index (χ0v) is 19.8. The number of carbonyl (C=O) groups is 1. The number of nitrogens with one attached hydrogen (secondary N) is 1. The number of amides is 1. The van der Waals surface area contributed by atoms with Gasteiger partial charge in [0.25, 0.3) is 5.91 Å². The average molecular weight is 482 g/mol.